The molecule has 0 radical (unpaired) electrons. The fraction of sp³-hybridized carbons (Fsp3) is 0.467. The quantitative estimate of drug-likeness (QED) is 0.853. The van der Waals surface area contributed by atoms with E-state index in [4.69, 9.17) is 5.73 Å². The summed E-state index contributed by atoms with van der Waals surface area (Å²) in [6, 6.07) is 4.14. The van der Waals surface area contributed by atoms with E-state index in [1.807, 2.05) is 6.07 Å². The monoisotopic (exact) mass is 256 g/mol. The minimum absolute atomic E-state index is 0.113. The summed E-state index contributed by atoms with van der Waals surface area (Å²) in [4.78, 5) is 8.75. The first kappa shape index (κ1) is 12.4. The van der Waals surface area contributed by atoms with E-state index in [0.717, 1.165) is 24.5 Å². The van der Waals surface area contributed by atoms with E-state index in [1.54, 1.807) is 12.4 Å². The van der Waals surface area contributed by atoms with Crippen LogP contribution in [-0.2, 0) is 6.42 Å². The minimum atomic E-state index is 0.113. The molecule has 2 aromatic rings. The van der Waals surface area contributed by atoms with Crippen molar-refractivity contribution in [3.63, 3.8) is 0 Å². The Kier molecular flexibility index (Phi) is 2.71. The van der Waals surface area contributed by atoms with Gasteiger partial charge in [-0.05, 0) is 42.9 Å². The zero-order valence-electron chi connectivity index (χ0n) is 11.7. The molecule has 0 fully saturated rings. The number of fused-ring (bicyclic) bond motifs is 1. The normalized spacial score (nSPS) is 21.2. The summed E-state index contributed by atoms with van der Waals surface area (Å²) < 4.78 is 2.15. The lowest BCUT2D eigenvalue weighted by Crippen LogP contribution is -2.30. The van der Waals surface area contributed by atoms with Crippen LogP contribution in [-0.4, -0.2) is 14.5 Å². The van der Waals surface area contributed by atoms with E-state index in [0.29, 0.717) is 0 Å². The highest BCUT2D eigenvalue weighted by atomic mass is 15.2. The molecule has 0 saturated carbocycles. The largest absolute Gasteiger partial charge is 0.324 e. The molecule has 1 aliphatic rings. The standard InChI is InChI=1S/C15H20N4/c1-10-7-11-12(16)8-15(2,3)9-13(11)19(10)14-17-5-4-6-18-14/h4-7,12H,8-9,16H2,1-3H3. The Morgan fingerprint density at radius 2 is 2.00 bits per heavy atom. The van der Waals surface area contributed by atoms with Crippen LogP contribution in [0.3, 0.4) is 0 Å². The SMILES string of the molecule is Cc1cc2c(n1-c1ncccn1)CC(C)(C)CC2N. The Bertz CT molecular complexity index is 598. The maximum Gasteiger partial charge on any atom is 0.233 e. The highest BCUT2D eigenvalue weighted by molar-refractivity contribution is 5.38. The molecule has 1 unspecified atom stereocenters. The van der Waals surface area contributed by atoms with Crippen LogP contribution >= 0.6 is 0 Å². The summed E-state index contributed by atoms with van der Waals surface area (Å²) >= 11 is 0. The average molecular weight is 256 g/mol. The van der Waals surface area contributed by atoms with Crippen LogP contribution in [0.1, 0.15) is 43.3 Å². The van der Waals surface area contributed by atoms with Gasteiger partial charge in [-0.1, -0.05) is 13.8 Å². The van der Waals surface area contributed by atoms with E-state index < -0.39 is 0 Å². The van der Waals surface area contributed by atoms with Crippen LogP contribution in [0.25, 0.3) is 5.95 Å². The Morgan fingerprint density at radius 3 is 2.68 bits per heavy atom. The van der Waals surface area contributed by atoms with Crippen molar-refractivity contribution in [2.24, 2.45) is 11.1 Å². The highest BCUT2D eigenvalue weighted by Crippen LogP contribution is 2.41. The van der Waals surface area contributed by atoms with Gasteiger partial charge < -0.3 is 5.73 Å². The maximum atomic E-state index is 6.33. The third kappa shape index (κ3) is 2.06. The molecular weight excluding hydrogens is 236 g/mol. The Labute approximate surface area is 113 Å². The van der Waals surface area contributed by atoms with Crippen molar-refractivity contribution >= 4 is 0 Å². The first-order valence-corrected chi connectivity index (χ1v) is 6.72. The fourth-order valence-corrected chi connectivity index (χ4v) is 3.13. The number of rotatable bonds is 1. The topological polar surface area (TPSA) is 56.7 Å². The van der Waals surface area contributed by atoms with Gasteiger partial charge in [0.05, 0.1) is 0 Å². The molecule has 2 aromatic heterocycles. The zero-order chi connectivity index (χ0) is 13.6. The van der Waals surface area contributed by atoms with E-state index in [2.05, 4.69) is 41.4 Å². The summed E-state index contributed by atoms with van der Waals surface area (Å²) in [7, 11) is 0. The summed E-state index contributed by atoms with van der Waals surface area (Å²) in [6.45, 7) is 6.64. The van der Waals surface area contributed by atoms with Gasteiger partial charge in [0.2, 0.25) is 5.95 Å². The van der Waals surface area contributed by atoms with Crippen LogP contribution in [0.4, 0.5) is 0 Å². The predicted octanol–water partition coefficient (Wildman–Crippen LogP) is 2.55. The number of nitrogens with two attached hydrogens (primary N) is 1. The molecule has 0 aliphatic heterocycles. The van der Waals surface area contributed by atoms with Crippen molar-refractivity contribution < 1.29 is 0 Å². The second-order valence-electron chi connectivity index (χ2n) is 6.22. The van der Waals surface area contributed by atoms with Gasteiger partial charge in [-0.25, -0.2) is 9.97 Å². The fourth-order valence-electron chi connectivity index (χ4n) is 3.13. The molecule has 0 amide bonds. The van der Waals surface area contributed by atoms with Gasteiger partial charge in [0.15, 0.2) is 0 Å². The third-order valence-electron chi connectivity index (χ3n) is 3.89. The third-order valence-corrected chi connectivity index (χ3v) is 3.89. The van der Waals surface area contributed by atoms with E-state index in [9.17, 15) is 0 Å². The van der Waals surface area contributed by atoms with Gasteiger partial charge in [-0.2, -0.15) is 0 Å². The van der Waals surface area contributed by atoms with Crippen molar-refractivity contribution in [3.8, 4) is 5.95 Å². The maximum absolute atomic E-state index is 6.33. The van der Waals surface area contributed by atoms with E-state index >= 15 is 0 Å². The van der Waals surface area contributed by atoms with Crippen molar-refractivity contribution in [3.05, 3.63) is 41.5 Å². The first-order valence-electron chi connectivity index (χ1n) is 6.72. The molecular formula is C15H20N4. The number of nitrogens with zero attached hydrogens (tertiary/aromatic N) is 3. The Morgan fingerprint density at radius 1 is 1.32 bits per heavy atom. The van der Waals surface area contributed by atoms with E-state index in [-0.39, 0.29) is 11.5 Å². The molecule has 4 heteroatoms. The molecule has 0 spiro atoms. The van der Waals surface area contributed by atoms with Crippen molar-refractivity contribution in [2.45, 2.75) is 39.7 Å². The van der Waals surface area contributed by atoms with Gasteiger partial charge >= 0.3 is 0 Å². The van der Waals surface area contributed by atoms with Crippen molar-refractivity contribution in [1.29, 1.82) is 0 Å². The molecule has 2 N–H and O–H groups in total. The second-order valence-corrected chi connectivity index (χ2v) is 6.22. The average Bonchev–Trinajstić information content (AvgIpc) is 2.65. The van der Waals surface area contributed by atoms with Crippen LogP contribution in [0.2, 0.25) is 0 Å². The summed E-state index contributed by atoms with van der Waals surface area (Å²) in [5, 5.41) is 0. The highest BCUT2D eigenvalue weighted by Gasteiger charge is 2.33. The van der Waals surface area contributed by atoms with Crippen molar-refractivity contribution in [1.82, 2.24) is 14.5 Å². The van der Waals surface area contributed by atoms with Gasteiger partial charge in [-0.15, -0.1) is 0 Å². The molecule has 1 aliphatic carbocycles. The lowest BCUT2D eigenvalue weighted by molar-refractivity contribution is 0.278. The molecule has 4 nitrogen and oxygen atoms in total. The van der Waals surface area contributed by atoms with Gasteiger partial charge in [0.1, 0.15) is 0 Å². The van der Waals surface area contributed by atoms with E-state index in [1.165, 1.54) is 11.3 Å². The lowest BCUT2D eigenvalue weighted by atomic mass is 9.74. The Hall–Kier alpha value is -1.68. The van der Waals surface area contributed by atoms with Crippen LogP contribution in [0.15, 0.2) is 24.5 Å². The molecule has 0 bridgehead atoms. The number of aromatic nitrogens is 3. The molecule has 0 saturated heterocycles. The zero-order valence-corrected chi connectivity index (χ0v) is 11.7. The predicted molar refractivity (Wildman–Crippen MR) is 75.1 cm³/mol. The first-order chi connectivity index (χ1) is 8.98. The van der Waals surface area contributed by atoms with Crippen LogP contribution < -0.4 is 5.73 Å². The second kappa shape index (κ2) is 4.17. The van der Waals surface area contributed by atoms with Gasteiger partial charge in [0.25, 0.3) is 0 Å². The Balaban J connectivity index is 2.18. The number of hydrogen-bond acceptors (Lipinski definition) is 3. The molecule has 100 valence electrons. The smallest absolute Gasteiger partial charge is 0.233 e. The number of aryl methyl sites for hydroxylation is 1. The summed E-state index contributed by atoms with van der Waals surface area (Å²) in [5.74, 6) is 0.742. The van der Waals surface area contributed by atoms with Crippen molar-refractivity contribution in [2.75, 3.05) is 0 Å². The summed E-state index contributed by atoms with van der Waals surface area (Å²) in [5.41, 5.74) is 10.2. The molecule has 1 atom stereocenters. The van der Waals surface area contributed by atoms with Gasteiger partial charge in [0, 0.05) is 29.8 Å². The summed E-state index contributed by atoms with van der Waals surface area (Å²) in [6.07, 6.45) is 5.60. The lowest BCUT2D eigenvalue weighted by Gasteiger charge is -2.34. The van der Waals surface area contributed by atoms with Gasteiger partial charge in [-0.3, -0.25) is 4.57 Å². The molecule has 0 aromatic carbocycles. The minimum Gasteiger partial charge on any atom is -0.324 e. The molecule has 19 heavy (non-hydrogen) atoms. The van der Waals surface area contributed by atoms with Crippen LogP contribution in [0, 0.1) is 12.3 Å². The molecule has 3 rings (SSSR count). The number of hydrogen-bond donors (Lipinski definition) is 1. The van der Waals surface area contributed by atoms with Crippen LogP contribution in [0.5, 0.6) is 0 Å². The molecule has 2 heterocycles.